The van der Waals surface area contributed by atoms with Crippen molar-refractivity contribution in [3.63, 3.8) is 0 Å². The SMILES string of the molecule is COc1ccc(CCC(=O)O)c(F)c1F. The zero-order valence-corrected chi connectivity index (χ0v) is 8.09. The largest absolute Gasteiger partial charge is 0.494 e. The van der Waals surface area contributed by atoms with Crippen LogP contribution in [0.3, 0.4) is 0 Å². The first-order valence-corrected chi connectivity index (χ1v) is 4.29. The summed E-state index contributed by atoms with van der Waals surface area (Å²) in [5.74, 6) is -3.37. The Morgan fingerprint density at radius 3 is 2.60 bits per heavy atom. The number of hydrogen-bond acceptors (Lipinski definition) is 2. The van der Waals surface area contributed by atoms with E-state index in [1.54, 1.807) is 0 Å². The summed E-state index contributed by atoms with van der Waals surface area (Å²) in [4.78, 5) is 10.3. The van der Waals surface area contributed by atoms with Crippen LogP contribution in [0.25, 0.3) is 0 Å². The van der Waals surface area contributed by atoms with Crippen molar-refractivity contribution >= 4 is 5.97 Å². The molecule has 0 heterocycles. The van der Waals surface area contributed by atoms with Gasteiger partial charge in [0.15, 0.2) is 11.6 Å². The molecular formula is C10H10F2O3. The van der Waals surface area contributed by atoms with Crippen LogP contribution in [0.1, 0.15) is 12.0 Å². The minimum absolute atomic E-state index is 0.0377. The van der Waals surface area contributed by atoms with Crippen molar-refractivity contribution in [2.45, 2.75) is 12.8 Å². The summed E-state index contributed by atoms with van der Waals surface area (Å²) in [7, 11) is 1.23. The highest BCUT2D eigenvalue weighted by Crippen LogP contribution is 2.22. The van der Waals surface area contributed by atoms with Crippen molar-refractivity contribution in [3.8, 4) is 5.75 Å². The Hall–Kier alpha value is -1.65. The highest BCUT2D eigenvalue weighted by Gasteiger charge is 2.14. The number of carbonyl (C=O) groups is 1. The van der Waals surface area contributed by atoms with Gasteiger partial charge >= 0.3 is 5.97 Å². The molecule has 0 unspecified atom stereocenters. The molecule has 0 radical (unpaired) electrons. The van der Waals surface area contributed by atoms with Crippen LogP contribution in [0.4, 0.5) is 8.78 Å². The number of aliphatic carboxylic acids is 1. The van der Waals surface area contributed by atoms with E-state index in [0.29, 0.717) is 0 Å². The van der Waals surface area contributed by atoms with Crippen LogP contribution in [0, 0.1) is 11.6 Å². The smallest absolute Gasteiger partial charge is 0.303 e. The first-order chi connectivity index (χ1) is 7.06. The molecular weight excluding hydrogens is 206 g/mol. The Morgan fingerprint density at radius 2 is 2.07 bits per heavy atom. The van der Waals surface area contributed by atoms with Crippen LogP contribution in [-0.4, -0.2) is 18.2 Å². The van der Waals surface area contributed by atoms with E-state index >= 15 is 0 Å². The summed E-state index contributed by atoms with van der Waals surface area (Å²) in [6, 6.07) is 2.59. The fourth-order valence-electron chi connectivity index (χ4n) is 1.16. The summed E-state index contributed by atoms with van der Waals surface area (Å²) in [5, 5.41) is 8.39. The molecule has 0 saturated heterocycles. The molecule has 1 aromatic rings. The minimum atomic E-state index is -1.08. The van der Waals surface area contributed by atoms with E-state index in [9.17, 15) is 13.6 Å². The van der Waals surface area contributed by atoms with Crippen molar-refractivity contribution in [3.05, 3.63) is 29.3 Å². The summed E-state index contributed by atoms with van der Waals surface area (Å²) >= 11 is 0. The van der Waals surface area contributed by atoms with Crippen LogP contribution < -0.4 is 4.74 Å². The highest BCUT2D eigenvalue weighted by molar-refractivity contribution is 5.67. The number of carboxylic acids is 1. The van der Waals surface area contributed by atoms with E-state index in [-0.39, 0.29) is 24.2 Å². The lowest BCUT2D eigenvalue weighted by molar-refractivity contribution is -0.136. The average molecular weight is 216 g/mol. The molecule has 1 rings (SSSR count). The number of ether oxygens (including phenoxy) is 1. The van der Waals surface area contributed by atoms with Gasteiger partial charge in [-0.3, -0.25) is 4.79 Å². The van der Waals surface area contributed by atoms with Crippen LogP contribution in [0.2, 0.25) is 0 Å². The number of methoxy groups -OCH3 is 1. The maximum Gasteiger partial charge on any atom is 0.303 e. The third kappa shape index (κ3) is 2.65. The lowest BCUT2D eigenvalue weighted by Crippen LogP contribution is -2.02. The Labute approximate surface area is 85.3 Å². The molecule has 82 valence electrons. The lowest BCUT2D eigenvalue weighted by atomic mass is 10.1. The molecule has 3 nitrogen and oxygen atoms in total. The Bertz CT molecular complexity index is 377. The zero-order chi connectivity index (χ0) is 11.4. The first-order valence-electron chi connectivity index (χ1n) is 4.29. The molecule has 1 aromatic carbocycles. The van der Waals surface area contributed by atoms with E-state index in [1.807, 2.05) is 0 Å². The third-order valence-corrected chi connectivity index (χ3v) is 1.95. The van der Waals surface area contributed by atoms with Gasteiger partial charge in [0.25, 0.3) is 0 Å². The van der Waals surface area contributed by atoms with Crippen LogP contribution in [0.5, 0.6) is 5.75 Å². The normalized spacial score (nSPS) is 10.1. The van der Waals surface area contributed by atoms with Crippen molar-refractivity contribution in [1.82, 2.24) is 0 Å². The Morgan fingerprint density at radius 1 is 1.40 bits per heavy atom. The predicted octanol–water partition coefficient (Wildman–Crippen LogP) is 1.99. The van der Waals surface area contributed by atoms with Gasteiger partial charge in [0.05, 0.1) is 7.11 Å². The molecule has 0 aliphatic heterocycles. The third-order valence-electron chi connectivity index (χ3n) is 1.95. The first kappa shape index (κ1) is 11.4. The van der Waals surface area contributed by atoms with Gasteiger partial charge in [0.1, 0.15) is 0 Å². The molecule has 0 bridgehead atoms. The van der Waals surface area contributed by atoms with E-state index in [0.717, 1.165) is 0 Å². The average Bonchev–Trinajstić information content (AvgIpc) is 2.20. The number of benzene rings is 1. The maximum atomic E-state index is 13.3. The fourth-order valence-corrected chi connectivity index (χ4v) is 1.16. The number of hydrogen-bond donors (Lipinski definition) is 1. The number of aryl methyl sites for hydroxylation is 1. The standard InChI is InChI=1S/C10H10F2O3/c1-15-7-4-2-6(3-5-8(13)14)9(11)10(7)12/h2,4H,3,5H2,1H3,(H,13,14). The van der Waals surface area contributed by atoms with Crippen molar-refractivity contribution in [2.24, 2.45) is 0 Å². The van der Waals surface area contributed by atoms with Crippen molar-refractivity contribution in [2.75, 3.05) is 7.11 Å². The van der Waals surface area contributed by atoms with Gasteiger partial charge in [-0.25, -0.2) is 4.39 Å². The van der Waals surface area contributed by atoms with Gasteiger partial charge in [-0.2, -0.15) is 4.39 Å². The molecule has 0 atom stereocenters. The van der Waals surface area contributed by atoms with Crippen molar-refractivity contribution < 1.29 is 23.4 Å². The van der Waals surface area contributed by atoms with Gasteiger partial charge in [-0.15, -0.1) is 0 Å². The molecule has 0 spiro atoms. The quantitative estimate of drug-likeness (QED) is 0.837. The van der Waals surface area contributed by atoms with E-state index < -0.39 is 17.6 Å². The summed E-state index contributed by atoms with van der Waals surface area (Å²) in [6.07, 6.45) is -0.273. The molecule has 15 heavy (non-hydrogen) atoms. The van der Waals surface area contributed by atoms with E-state index in [4.69, 9.17) is 5.11 Å². The van der Waals surface area contributed by atoms with Gasteiger partial charge in [-0.05, 0) is 18.1 Å². The summed E-state index contributed by atoms with van der Waals surface area (Å²) in [6.45, 7) is 0. The summed E-state index contributed by atoms with van der Waals surface area (Å²) in [5.41, 5.74) is 0.0377. The molecule has 0 aromatic heterocycles. The summed E-state index contributed by atoms with van der Waals surface area (Å²) < 4.78 is 31.0. The van der Waals surface area contributed by atoms with Crippen LogP contribution >= 0.6 is 0 Å². The van der Waals surface area contributed by atoms with Crippen molar-refractivity contribution in [1.29, 1.82) is 0 Å². The van der Waals surface area contributed by atoms with Gasteiger partial charge in [-0.1, -0.05) is 6.07 Å². The maximum absolute atomic E-state index is 13.3. The highest BCUT2D eigenvalue weighted by atomic mass is 19.2. The van der Waals surface area contributed by atoms with Crippen LogP contribution in [-0.2, 0) is 11.2 Å². The molecule has 0 saturated carbocycles. The second-order valence-corrected chi connectivity index (χ2v) is 2.95. The van der Waals surface area contributed by atoms with Gasteiger partial charge in [0, 0.05) is 6.42 Å². The number of carboxylic acid groups (broad SMARTS) is 1. The molecule has 0 fully saturated rings. The molecule has 5 heteroatoms. The zero-order valence-electron chi connectivity index (χ0n) is 8.09. The second kappa shape index (κ2) is 4.72. The fraction of sp³-hybridized carbons (Fsp3) is 0.300. The van der Waals surface area contributed by atoms with Gasteiger partial charge in [0.2, 0.25) is 5.82 Å². The topological polar surface area (TPSA) is 46.5 Å². The van der Waals surface area contributed by atoms with Gasteiger partial charge < -0.3 is 9.84 Å². The lowest BCUT2D eigenvalue weighted by Gasteiger charge is -2.06. The van der Waals surface area contributed by atoms with E-state index in [2.05, 4.69) is 4.74 Å². The number of halogens is 2. The monoisotopic (exact) mass is 216 g/mol. The molecule has 0 aliphatic rings. The number of rotatable bonds is 4. The minimum Gasteiger partial charge on any atom is -0.494 e. The molecule has 0 amide bonds. The Balaban J connectivity index is 2.91. The molecule has 0 aliphatic carbocycles. The van der Waals surface area contributed by atoms with Crippen LogP contribution in [0.15, 0.2) is 12.1 Å². The predicted molar refractivity (Wildman–Crippen MR) is 48.9 cm³/mol. The Kier molecular flexibility index (Phi) is 3.60. The molecule has 1 N–H and O–H groups in total. The second-order valence-electron chi connectivity index (χ2n) is 2.95. The van der Waals surface area contributed by atoms with E-state index in [1.165, 1.54) is 19.2 Å².